The minimum Gasteiger partial charge on any atom is -0.389 e. The maximum absolute atomic E-state index is 11.8. The van der Waals surface area contributed by atoms with Gasteiger partial charge in [-0.2, -0.15) is 0 Å². The second-order valence-corrected chi connectivity index (χ2v) is 5.63. The van der Waals surface area contributed by atoms with Gasteiger partial charge in [-0.1, -0.05) is 6.07 Å². The molecule has 2 rings (SSSR count). The number of likely N-dealkylation sites (tertiary alicyclic amines) is 1. The molecule has 0 aromatic heterocycles. The highest BCUT2D eigenvalue weighted by atomic mass is 127. The zero-order valence-corrected chi connectivity index (χ0v) is 11.9. The van der Waals surface area contributed by atoms with E-state index in [-0.39, 0.29) is 12.5 Å². The zero-order chi connectivity index (χ0) is 13.1. The van der Waals surface area contributed by atoms with Gasteiger partial charge >= 0.3 is 0 Å². The molecule has 2 atom stereocenters. The average molecular weight is 362 g/mol. The van der Waals surface area contributed by atoms with Gasteiger partial charge in [0, 0.05) is 22.3 Å². The van der Waals surface area contributed by atoms with Crippen LogP contribution in [0.2, 0.25) is 0 Å². The summed E-state index contributed by atoms with van der Waals surface area (Å²) >= 11 is 2.18. The number of nitrogens with one attached hydrogen (secondary N) is 1. The van der Waals surface area contributed by atoms with Crippen molar-refractivity contribution in [2.24, 2.45) is 0 Å². The predicted molar refractivity (Wildman–Crippen MR) is 76.2 cm³/mol. The summed E-state index contributed by atoms with van der Waals surface area (Å²) in [7, 11) is 0. The molecule has 1 aromatic carbocycles. The number of β-amino-alcohol motifs (C(OH)–C–C–N with tert-alkyl or cyclic N) is 2. The smallest absolute Gasteiger partial charge is 0.238 e. The van der Waals surface area contributed by atoms with Crippen molar-refractivity contribution in [1.29, 1.82) is 0 Å². The first-order valence-electron chi connectivity index (χ1n) is 5.68. The van der Waals surface area contributed by atoms with Crippen LogP contribution in [0.3, 0.4) is 0 Å². The lowest BCUT2D eigenvalue weighted by atomic mass is 10.3. The van der Waals surface area contributed by atoms with Crippen LogP contribution in [0, 0.1) is 3.57 Å². The molecule has 0 saturated carbocycles. The number of anilines is 1. The van der Waals surface area contributed by atoms with Crippen LogP contribution < -0.4 is 5.32 Å². The largest absolute Gasteiger partial charge is 0.389 e. The van der Waals surface area contributed by atoms with Gasteiger partial charge in [0.2, 0.25) is 5.91 Å². The summed E-state index contributed by atoms with van der Waals surface area (Å²) in [4.78, 5) is 13.5. The Bertz CT molecular complexity index is 431. The summed E-state index contributed by atoms with van der Waals surface area (Å²) < 4.78 is 1.05. The van der Waals surface area contributed by atoms with Gasteiger partial charge in [-0.3, -0.25) is 9.69 Å². The molecule has 1 aromatic rings. The lowest BCUT2D eigenvalue weighted by molar-refractivity contribution is -0.117. The molecule has 1 fully saturated rings. The van der Waals surface area contributed by atoms with Crippen molar-refractivity contribution in [3.05, 3.63) is 27.8 Å². The van der Waals surface area contributed by atoms with Crippen LogP contribution >= 0.6 is 22.6 Å². The molecule has 0 aliphatic carbocycles. The molecule has 0 spiro atoms. The maximum Gasteiger partial charge on any atom is 0.238 e. The van der Waals surface area contributed by atoms with Gasteiger partial charge < -0.3 is 15.5 Å². The quantitative estimate of drug-likeness (QED) is 0.675. The molecule has 18 heavy (non-hydrogen) atoms. The molecule has 2 unspecified atom stereocenters. The zero-order valence-electron chi connectivity index (χ0n) is 9.71. The number of halogens is 1. The number of carbonyl (C=O) groups excluding carboxylic acids is 1. The second-order valence-electron chi connectivity index (χ2n) is 4.39. The molecule has 1 amide bonds. The van der Waals surface area contributed by atoms with Crippen molar-refractivity contribution < 1.29 is 15.0 Å². The molecular formula is C12H15IN2O3. The lowest BCUT2D eigenvalue weighted by Gasteiger charge is -2.14. The molecule has 1 aliphatic rings. The van der Waals surface area contributed by atoms with Gasteiger partial charge in [-0.25, -0.2) is 0 Å². The second kappa shape index (κ2) is 5.96. The van der Waals surface area contributed by atoms with Gasteiger partial charge in [0.15, 0.2) is 0 Å². The normalized spacial score (nSPS) is 24.2. The first kappa shape index (κ1) is 13.7. The fourth-order valence-electron chi connectivity index (χ4n) is 1.95. The summed E-state index contributed by atoms with van der Waals surface area (Å²) in [5, 5.41) is 21.6. The number of benzene rings is 1. The summed E-state index contributed by atoms with van der Waals surface area (Å²) in [6.07, 6.45) is -1.51. The Balaban J connectivity index is 1.86. The molecule has 1 heterocycles. The molecule has 1 aliphatic heterocycles. The third-order valence-corrected chi connectivity index (χ3v) is 3.48. The number of nitrogens with zero attached hydrogens (tertiary/aromatic N) is 1. The molecule has 6 heteroatoms. The molecule has 3 N–H and O–H groups in total. The van der Waals surface area contributed by atoms with Crippen LogP contribution in [0.4, 0.5) is 5.69 Å². The number of rotatable bonds is 3. The minimum atomic E-state index is -0.754. The number of hydrogen-bond donors (Lipinski definition) is 3. The van der Waals surface area contributed by atoms with Gasteiger partial charge in [0.1, 0.15) is 0 Å². The molecule has 98 valence electrons. The number of aliphatic hydroxyl groups is 2. The van der Waals surface area contributed by atoms with E-state index in [1.54, 1.807) is 4.90 Å². The Morgan fingerprint density at radius 1 is 1.39 bits per heavy atom. The fourth-order valence-corrected chi connectivity index (χ4v) is 2.49. The van der Waals surface area contributed by atoms with E-state index in [4.69, 9.17) is 0 Å². The highest BCUT2D eigenvalue weighted by Crippen LogP contribution is 2.13. The Morgan fingerprint density at radius 3 is 2.67 bits per heavy atom. The first-order valence-corrected chi connectivity index (χ1v) is 6.76. The van der Waals surface area contributed by atoms with Crippen molar-refractivity contribution in [2.45, 2.75) is 12.2 Å². The van der Waals surface area contributed by atoms with Crippen LogP contribution in [0.15, 0.2) is 24.3 Å². The Hall–Kier alpha value is -0.700. The van der Waals surface area contributed by atoms with E-state index in [2.05, 4.69) is 27.9 Å². The number of amides is 1. The Morgan fingerprint density at radius 2 is 2.06 bits per heavy atom. The third kappa shape index (κ3) is 3.64. The third-order valence-electron chi connectivity index (χ3n) is 2.81. The number of aliphatic hydroxyl groups excluding tert-OH is 2. The predicted octanol–water partition coefficient (Wildman–Crippen LogP) is 0.267. The van der Waals surface area contributed by atoms with Crippen molar-refractivity contribution in [3.63, 3.8) is 0 Å². The van der Waals surface area contributed by atoms with Crippen LogP contribution in [0.1, 0.15) is 0 Å². The SMILES string of the molecule is O=C(CN1CC(O)C(O)C1)Nc1cccc(I)c1. The monoisotopic (exact) mass is 362 g/mol. The average Bonchev–Trinajstić information content (AvgIpc) is 2.57. The van der Waals surface area contributed by atoms with Crippen LogP contribution in [0.25, 0.3) is 0 Å². The highest BCUT2D eigenvalue weighted by molar-refractivity contribution is 14.1. The standard InChI is InChI=1S/C12H15IN2O3/c13-8-2-1-3-9(4-8)14-12(18)7-15-5-10(16)11(17)6-15/h1-4,10-11,16-17H,5-7H2,(H,14,18). The Labute approximate surface area is 119 Å². The number of carbonyl (C=O) groups is 1. The molecule has 0 bridgehead atoms. The van der Waals surface area contributed by atoms with Gasteiger partial charge in [0.05, 0.1) is 18.8 Å². The lowest BCUT2D eigenvalue weighted by Crippen LogP contribution is -2.32. The molecule has 5 nitrogen and oxygen atoms in total. The van der Waals surface area contributed by atoms with E-state index in [0.717, 1.165) is 9.26 Å². The maximum atomic E-state index is 11.8. The van der Waals surface area contributed by atoms with E-state index in [9.17, 15) is 15.0 Å². The van der Waals surface area contributed by atoms with Gasteiger partial charge in [0.25, 0.3) is 0 Å². The molecular weight excluding hydrogens is 347 g/mol. The van der Waals surface area contributed by atoms with E-state index in [1.165, 1.54) is 0 Å². The van der Waals surface area contributed by atoms with Crippen LogP contribution in [-0.4, -0.2) is 52.9 Å². The van der Waals surface area contributed by atoms with E-state index >= 15 is 0 Å². The summed E-state index contributed by atoms with van der Waals surface area (Å²) in [5.41, 5.74) is 0.757. The van der Waals surface area contributed by atoms with Crippen molar-refractivity contribution in [2.75, 3.05) is 25.0 Å². The molecule has 0 radical (unpaired) electrons. The van der Waals surface area contributed by atoms with E-state index in [1.807, 2.05) is 24.3 Å². The van der Waals surface area contributed by atoms with Crippen molar-refractivity contribution in [3.8, 4) is 0 Å². The topological polar surface area (TPSA) is 72.8 Å². The van der Waals surface area contributed by atoms with Crippen LogP contribution in [0.5, 0.6) is 0 Å². The summed E-state index contributed by atoms with van der Waals surface area (Å²) in [5.74, 6) is -0.140. The fraction of sp³-hybridized carbons (Fsp3) is 0.417. The minimum absolute atomic E-state index is 0.140. The number of hydrogen-bond acceptors (Lipinski definition) is 4. The summed E-state index contributed by atoms with van der Waals surface area (Å²) in [6.45, 7) is 0.849. The molecule has 1 saturated heterocycles. The first-order chi connectivity index (χ1) is 8.54. The van der Waals surface area contributed by atoms with Crippen molar-refractivity contribution >= 4 is 34.2 Å². The highest BCUT2D eigenvalue weighted by Gasteiger charge is 2.30. The van der Waals surface area contributed by atoms with E-state index < -0.39 is 12.2 Å². The summed E-state index contributed by atoms with van der Waals surface area (Å²) in [6, 6.07) is 7.53. The van der Waals surface area contributed by atoms with Crippen molar-refractivity contribution in [1.82, 2.24) is 4.90 Å². The Kier molecular flexibility index (Phi) is 4.55. The van der Waals surface area contributed by atoms with E-state index in [0.29, 0.717) is 13.1 Å². The van der Waals surface area contributed by atoms with Crippen LogP contribution in [-0.2, 0) is 4.79 Å². The van der Waals surface area contributed by atoms with Gasteiger partial charge in [-0.15, -0.1) is 0 Å². The van der Waals surface area contributed by atoms with Gasteiger partial charge in [-0.05, 0) is 40.8 Å².